The third kappa shape index (κ3) is 2.22. The fourth-order valence-electron chi connectivity index (χ4n) is 3.17. The van der Waals surface area contributed by atoms with Gasteiger partial charge < -0.3 is 10.5 Å². The van der Waals surface area contributed by atoms with Crippen LogP contribution in [0.1, 0.15) is 18.4 Å². The fraction of sp³-hybridized carbons (Fsp3) is 0.500. The van der Waals surface area contributed by atoms with Crippen molar-refractivity contribution in [1.82, 2.24) is 9.88 Å². The molecule has 2 atom stereocenters. The summed E-state index contributed by atoms with van der Waals surface area (Å²) in [6.45, 7) is 3.14. The summed E-state index contributed by atoms with van der Waals surface area (Å²) in [4.78, 5) is 6.81. The second-order valence-corrected chi connectivity index (χ2v) is 6.57. The van der Waals surface area contributed by atoms with Crippen LogP contribution in [-0.4, -0.2) is 35.2 Å². The predicted octanol–water partition coefficient (Wildman–Crippen LogP) is 2.24. The highest BCUT2D eigenvalue weighted by Crippen LogP contribution is 2.29. The molecule has 0 radical (unpaired) electrons. The van der Waals surface area contributed by atoms with Crippen molar-refractivity contribution >= 4 is 26.7 Å². The van der Waals surface area contributed by atoms with E-state index in [2.05, 4.69) is 28.1 Å². The zero-order valence-corrected chi connectivity index (χ0v) is 11.5. The van der Waals surface area contributed by atoms with Gasteiger partial charge in [-0.2, -0.15) is 0 Å². The number of fused-ring (bicyclic) bond motifs is 3. The van der Waals surface area contributed by atoms with Gasteiger partial charge in [-0.15, -0.1) is 0 Å². The van der Waals surface area contributed by atoms with Crippen LogP contribution in [0.2, 0.25) is 0 Å². The highest BCUT2D eigenvalue weighted by atomic mass is 32.1. The molecule has 2 aliphatic heterocycles. The number of hydrogen-bond acceptors (Lipinski definition) is 5. The molecule has 2 aromatic rings. The van der Waals surface area contributed by atoms with Crippen LogP contribution in [0.3, 0.4) is 0 Å². The van der Waals surface area contributed by atoms with Crippen molar-refractivity contribution in [3.05, 3.63) is 23.8 Å². The molecule has 1 aromatic heterocycles. The maximum atomic E-state index is 5.87. The first kappa shape index (κ1) is 11.6. The molecule has 0 saturated carbocycles. The second-order valence-electron chi connectivity index (χ2n) is 5.51. The van der Waals surface area contributed by atoms with Crippen molar-refractivity contribution in [1.29, 1.82) is 0 Å². The summed E-state index contributed by atoms with van der Waals surface area (Å²) in [5.41, 5.74) is 8.10. The summed E-state index contributed by atoms with van der Waals surface area (Å²) in [5, 5.41) is 0.650. The van der Waals surface area contributed by atoms with Gasteiger partial charge in [0, 0.05) is 19.6 Å². The lowest BCUT2D eigenvalue weighted by molar-refractivity contribution is -0.0410. The molecule has 2 unspecified atom stereocenters. The minimum absolute atomic E-state index is 0.460. The molecule has 4 rings (SSSR count). The summed E-state index contributed by atoms with van der Waals surface area (Å²) in [7, 11) is 0. The zero-order valence-electron chi connectivity index (χ0n) is 10.7. The summed E-state index contributed by atoms with van der Waals surface area (Å²) in [6.07, 6.45) is 3.38. The Balaban J connectivity index is 1.54. The molecule has 4 nitrogen and oxygen atoms in total. The van der Waals surface area contributed by atoms with Gasteiger partial charge in [-0.05, 0) is 30.5 Å². The number of aromatic nitrogens is 1. The lowest BCUT2D eigenvalue weighted by Gasteiger charge is -2.32. The van der Waals surface area contributed by atoms with Crippen LogP contribution in [-0.2, 0) is 11.3 Å². The average molecular weight is 275 g/mol. The Hall–Kier alpha value is -1.17. The van der Waals surface area contributed by atoms with Gasteiger partial charge in [-0.3, -0.25) is 4.90 Å². The van der Waals surface area contributed by atoms with Gasteiger partial charge in [0.1, 0.15) is 0 Å². The van der Waals surface area contributed by atoms with Crippen LogP contribution in [0.15, 0.2) is 18.2 Å². The van der Waals surface area contributed by atoms with Crippen molar-refractivity contribution in [2.75, 3.05) is 18.8 Å². The number of likely N-dealkylation sites (tertiary alicyclic amines) is 1. The number of morpholine rings is 1. The summed E-state index contributed by atoms with van der Waals surface area (Å²) in [5.74, 6) is 0. The summed E-state index contributed by atoms with van der Waals surface area (Å²) in [6, 6.07) is 6.46. The Kier molecular flexibility index (Phi) is 2.72. The van der Waals surface area contributed by atoms with E-state index in [1.165, 1.54) is 23.1 Å². The van der Waals surface area contributed by atoms with Crippen LogP contribution in [0.4, 0.5) is 5.13 Å². The molecule has 2 aliphatic rings. The molecule has 2 fully saturated rings. The minimum atomic E-state index is 0.460. The Morgan fingerprint density at radius 1 is 1.32 bits per heavy atom. The minimum Gasteiger partial charge on any atom is -0.375 e. The molecule has 0 amide bonds. The number of rotatable bonds is 2. The molecule has 2 N–H and O–H groups in total. The molecule has 100 valence electrons. The molecule has 0 aliphatic carbocycles. The molecule has 3 heterocycles. The van der Waals surface area contributed by atoms with E-state index in [4.69, 9.17) is 10.5 Å². The molecule has 5 heteroatoms. The summed E-state index contributed by atoms with van der Waals surface area (Å²) >= 11 is 1.57. The second kappa shape index (κ2) is 4.44. The monoisotopic (exact) mass is 275 g/mol. The van der Waals surface area contributed by atoms with E-state index >= 15 is 0 Å². The normalized spacial score (nSPS) is 27.2. The number of anilines is 1. The van der Waals surface area contributed by atoms with E-state index in [-0.39, 0.29) is 0 Å². The van der Waals surface area contributed by atoms with E-state index in [0.717, 1.165) is 25.2 Å². The third-order valence-electron chi connectivity index (χ3n) is 3.99. The van der Waals surface area contributed by atoms with Crippen molar-refractivity contribution in [2.45, 2.75) is 31.6 Å². The lowest BCUT2D eigenvalue weighted by atomic mass is 10.2. The fourth-order valence-corrected chi connectivity index (χ4v) is 3.97. The van der Waals surface area contributed by atoms with Crippen molar-refractivity contribution < 1.29 is 4.74 Å². The SMILES string of the molecule is Nc1nc2ccc(CN3CC4CCC(C3)O4)cc2s1. The Morgan fingerprint density at radius 2 is 2.11 bits per heavy atom. The number of nitrogen functional groups attached to an aromatic ring is 1. The van der Waals surface area contributed by atoms with E-state index in [0.29, 0.717) is 17.3 Å². The van der Waals surface area contributed by atoms with Crippen molar-refractivity contribution in [3.63, 3.8) is 0 Å². The highest BCUT2D eigenvalue weighted by molar-refractivity contribution is 7.22. The number of thiazole rings is 1. The first-order valence-corrected chi connectivity index (χ1v) is 7.61. The van der Waals surface area contributed by atoms with Gasteiger partial charge in [-0.25, -0.2) is 4.98 Å². The number of benzene rings is 1. The van der Waals surface area contributed by atoms with E-state index in [9.17, 15) is 0 Å². The van der Waals surface area contributed by atoms with E-state index in [1.807, 2.05) is 0 Å². The number of ether oxygens (including phenoxy) is 1. The number of nitrogens with two attached hydrogens (primary N) is 1. The smallest absolute Gasteiger partial charge is 0.181 e. The standard InChI is InChI=1S/C14H17N3OS/c15-14-16-12-4-1-9(5-13(12)19-14)6-17-7-10-2-3-11(8-17)18-10/h1,4-5,10-11H,2-3,6-8H2,(H2,15,16). The molecule has 19 heavy (non-hydrogen) atoms. The van der Waals surface area contributed by atoms with Gasteiger partial charge in [-0.1, -0.05) is 17.4 Å². The van der Waals surface area contributed by atoms with Gasteiger partial charge in [0.15, 0.2) is 5.13 Å². The van der Waals surface area contributed by atoms with Crippen LogP contribution >= 0.6 is 11.3 Å². The van der Waals surface area contributed by atoms with E-state index < -0.39 is 0 Å². The van der Waals surface area contributed by atoms with E-state index in [1.54, 1.807) is 11.3 Å². The molecule has 2 saturated heterocycles. The molecule has 0 spiro atoms. The number of nitrogens with zero attached hydrogens (tertiary/aromatic N) is 2. The first-order chi connectivity index (χ1) is 9.26. The lowest BCUT2D eigenvalue weighted by Crippen LogP contribution is -2.41. The Labute approximate surface area is 116 Å². The topological polar surface area (TPSA) is 51.4 Å². The van der Waals surface area contributed by atoms with Crippen molar-refractivity contribution in [2.24, 2.45) is 0 Å². The third-order valence-corrected chi connectivity index (χ3v) is 4.84. The number of hydrogen-bond donors (Lipinski definition) is 1. The van der Waals surface area contributed by atoms with Crippen LogP contribution in [0.25, 0.3) is 10.2 Å². The summed E-state index contributed by atoms with van der Waals surface area (Å²) < 4.78 is 7.06. The maximum Gasteiger partial charge on any atom is 0.181 e. The molecular formula is C14H17N3OS. The van der Waals surface area contributed by atoms with Gasteiger partial charge >= 0.3 is 0 Å². The maximum absolute atomic E-state index is 5.87. The molecule has 1 aromatic carbocycles. The zero-order chi connectivity index (χ0) is 12.8. The van der Waals surface area contributed by atoms with Crippen molar-refractivity contribution in [3.8, 4) is 0 Å². The van der Waals surface area contributed by atoms with Crippen LogP contribution in [0, 0.1) is 0 Å². The first-order valence-electron chi connectivity index (χ1n) is 6.79. The van der Waals surface area contributed by atoms with Crippen LogP contribution in [0.5, 0.6) is 0 Å². The van der Waals surface area contributed by atoms with Crippen LogP contribution < -0.4 is 5.73 Å². The Morgan fingerprint density at radius 3 is 2.89 bits per heavy atom. The molecule has 2 bridgehead atoms. The van der Waals surface area contributed by atoms with Gasteiger partial charge in [0.05, 0.1) is 22.4 Å². The average Bonchev–Trinajstić information content (AvgIpc) is 2.91. The van der Waals surface area contributed by atoms with Gasteiger partial charge in [0.2, 0.25) is 0 Å². The highest BCUT2D eigenvalue weighted by Gasteiger charge is 2.33. The van der Waals surface area contributed by atoms with Gasteiger partial charge in [0.25, 0.3) is 0 Å². The quantitative estimate of drug-likeness (QED) is 0.913. The largest absolute Gasteiger partial charge is 0.375 e. The predicted molar refractivity (Wildman–Crippen MR) is 77.2 cm³/mol. The Bertz CT molecular complexity index is 600. The molecular weight excluding hydrogens is 258 g/mol.